The molecule has 0 radical (unpaired) electrons. The summed E-state index contributed by atoms with van der Waals surface area (Å²) in [5.74, 6) is -2.40. The average molecular weight is 487 g/mol. The number of pyridine rings is 2. The quantitative estimate of drug-likeness (QED) is 0.411. The topological polar surface area (TPSA) is 98.7 Å². The number of aryl methyl sites for hydroxylation is 2. The maximum absolute atomic E-state index is 14.0. The third kappa shape index (κ3) is 4.28. The Kier molecular flexibility index (Phi) is 6.18. The highest BCUT2D eigenvalue weighted by molar-refractivity contribution is 6.29. The summed E-state index contributed by atoms with van der Waals surface area (Å²) in [5.41, 5.74) is 2.16. The first-order valence-corrected chi connectivity index (χ1v) is 10.7. The minimum Gasteiger partial charge on any atom is -0.354 e. The van der Waals surface area contributed by atoms with Crippen LogP contribution in [0, 0.1) is 25.5 Å². The monoisotopic (exact) mass is 486 g/mol. The number of hydrogen-bond donors (Lipinski definition) is 1. The Labute approximate surface area is 199 Å². The molecule has 4 rings (SSSR count). The second-order valence-corrected chi connectivity index (χ2v) is 8.48. The molecule has 176 valence electrons. The molecule has 0 saturated carbocycles. The predicted molar refractivity (Wildman–Crippen MR) is 120 cm³/mol. The van der Waals surface area contributed by atoms with E-state index in [2.05, 4.69) is 25.5 Å². The Morgan fingerprint density at radius 3 is 2.68 bits per heavy atom. The van der Waals surface area contributed by atoms with Gasteiger partial charge in [0.25, 0.3) is 5.91 Å². The lowest BCUT2D eigenvalue weighted by molar-refractivity contribution is 0.0938. The van der Waals surface area contributed by atoms with Gasteiger partial charge in [-0.05, 0) is 32.9 Å². The minimum absolute atomic E-state index is 0.0819. The van der Waals surface area contributed by atoms with Crippen LogP contribution < -0.4 is 5.32 Å². The number of rotatable bonds is 6. The standard InChI is InChI=1S/C23H21ClF2N6O2/c1-12-20(13(2)32(4)30-12)23(3,18-6-5-7-19(24)29-18)11-28-22(33)16-9-17(34-31-16)21-15(26)8-14(25)10-27-21/h5-10H,11H2,1-4H3,(H,28,33). The van der Waals surface area contributed by atoms with Crippen LogP contribution in [0.2, 0.25) is 5.15 Å². The molecule has 0 fully saturated rings. The number of hydrogen-bond acceptors (Lipinski definition) is 6. The van der Waals surface area contributed by atoms with Gasteiger partial charge in [0.1, 0.15) is 16.7 Å². The zero-order chi connectivity index (χ0) is 24.6. The van der Waals surface area contributed by atoms with Gasteiger partial charge < -0.3 is 9.84 Å². The Morgan fingerprint density at radius 1 is 1.26 bits per heavy atom. The number of nitrogens with one attached hydrogen (secondary N) is 1. The van der Waals surface area contributed by atoms with Crippen LogP contribution >= 0.6 is 11.6 Å². The van der Waals surface area contributed by atoms with E-state index in [-0.39, 0.29) is 23.7 Å². The largest absolute Gasteiger partial charge is 0.354 e. The molecule has 0 aliphatic heterocycles. The number of carbonyl (C=O) groups is 1. The third-order valence-corrected chi connectivity index (χ3v) is 5.94. The van der Waals surface area contributed by atoms with Gasteiger partial charge >= 0.3 is 0 Å². The van der Waals surface area contributed by atoms with Crippen LogP contribution in [0.25, 0.3) is 11.5 Å². The zero-order valence-electron chi connectivity index (χ0n) is 18.9. The van der Waals surface area contributed by atoms with Crippen LogP contribution in [0.3, 0.4) is 0 Å². The molecule has 1 atom stereocenters. The number of halogens is 3. The molecule has 4 aromatic rings. The molecule has 1 amide bonds. The summed E-state index contributed by atoms with van der Waals surface area (Å²) >= 11 is 6.16. The Morgan fingerprint density at radius 2 is 2.03 bits per heavy atom. The molecule has 8 nitrogen and oxygen atoms in total. The molecule has 0 spiro atoms. The lowest BCUT2D eigenvalue weighted by atomic mass is 9.77. The smallest absolute Gasteiger partial charge is 0.273 e. The first-order chi connectivity index (χ1) is 16.1. The minimum atomic E-state index is -0.926. The van der Waals surface area contributed by atoms with E-state index in [1.165, 1.54) is 6.07 Å². The van der Waals surface area contributed by atoms with Crippen molar-refractivity contribution in [3.05, 3.63) is 81.7 Å². The van der Waals surface area contributed by atoms with Crippen molar-refractivity contribution in [1.82, 2.24) is 30.2 Å². The van der Waals surface area contributed by atoms with Gasteiger partial charge in [0.05, 0.1) is 23.0 Å². The lowest BCUT2D eigenvalue weighted by Crippen LogP contribution is -2.41. The van der Waals surface area contributed by atoms with Gasteiger partial charge in [-0.2, -0.15) is 5.10 Å². The molecule has 4 heterocycles. The van der Waals surface area contributed by atoms with Gasteiger partial charge in [-0.15, -0.1) is 0 Å². The van der Waals surface area contributed by atoms with Crippen molar-refractivity contribution < 1.29 is 18.1 Å². The molecule has 0 bridgehead atoms. The second-order valence-electron chi connectivity index (χ2n) is 8.09. The van der Waals surface area contributed by atoms with Crippen molar-refractivity contribution in [2.24, 2.45) is 7.05 Å². The van der Waals surface area contributed by atoms with E-state index >= 15 is 0 Å². The third-order valence-electron chi connectivity index (χ3n) is 5.73. The predicted octanol–water partition coefficient (Wildman–Crippen LogP) is 4.15. The number of amides is 1. The van der Waals surface area contributed by atoms with E-state index in [1.54, 1.807) is 16.8 Å². The lowest BCUT2D eigenvalue weighted by Gasteiger charge is -2.30. The highest BCUT2D eigenvalue weighted by Gasteiger charge is 2.36. The Hall–Kier alpha value is -3.66. The summed E-state index contributed by atoms with van der Waals surface area (Å²) < 4.78 is 34.0. The maximum atomic E-state index is 14.0. The second kappa shape index (κ2) is 8.94. The average Bonchev–Trinajstić information content (AvgIpc) is 3.36. The van der Waals surface area contributed by atoms with Crippen molar-refractivity contribution in [3.8, 4) is 11.5 Å². The molecule has 11 heteroatoms. The maximum Gasteiger partial charge on any atom is 0.273 e. The summed E-state index contributed by atoms with van der Waals surface area (Å²) in [6.45, 7) is 5.90. The summed E-state index contributed by atoms with van der Waals surface area (Å²) in [6.07, 6.45) is 0.850. The van der Waals surface area contributed by atoms with Gasteiger partial charge in [-0.25, -0.2) is 18.7 Å². The first-order valence-electron chi connectivity index (χ1n) is 10.3. The first kappa shape index (κ1) is 23.5. The normalized spacial score (nSPS) is 13.0. The van der Waals surface area contributed by atoms with Crippen molar-refractivity contribution in [1.29, 1.82) is 0 Å². The van der Waals surface area contributed by atoms with Crippen LogP contribution in [0.1, 0.15) is 40.1 Å². The highest BCUT2D eigenvalue weighted by atomic mass is 35.5. The Balaban J connectivity index is 1.64. The molecule has 4 aromatic heterocycles. The molecule has 1 N–H and O–H groups in total. The summed E-state index contributed by atoms with van der Waals surface area (Å²) in [7, 11) is 1.84. The zero-order valence-corrected chi connectivity index (χ0v) is 19.6. The fourth-order valence-electron chi connectivity index (χ4n) is 4.03. The van der Waals surface area contributed by atoms with Crippen molar-refractivity contribution in [2.45, 2.75) is 26.2 Å². The number of nitrogens with zero attached hydrogens (tertiary/aromatic N) is 5. The van der Waals surface area contributed by atoms with Crippen LogP contribution in [0.4, 0.5) is 8.78 Å². The number of carbonyl (C=O) groups excluding carboxylic acids is 1. The van der Waals surface area contributed by atoms with Gasteiger partial charge in [0.2, 0.25) is 0 Å². The fourth-order valence-corrected chi connectivity index (χ4v) is 4.20. The van der Waals surface area contributed by atoms with E-state index in [4.69, 9.17) is 16.1 Å². The van der Waals surface area contributed by atoms with Crippen LogP contribution in [-0.2, 0) is 12.5 Å². The summed E-state index contributed by atoms with van der Waals surface area (Å²) in [4.78, 5) is 21.1. The highest BCUT2D eigenvalue weighted by Crippen LogP contribution is 2.35. The summed E-state index contributed by atoms with van der Waals surface area (Å²) in [6, 6.07) is 7.22. The molecule has 0 aromatic carbocycles. The van der Waals surface area contributed by atoms with E-state index in [0.717, 1.165) is 23.1 Å². The number of aromatic nitrogens is 5. The molecule has 1 unspecified atom stereocenters. The van der Waals surface area contributed by atoms with Crippen LogP contribution in [-0.4, -0.2) is 37.4 Å². The fraction of sp³-hybridized carbons (Fsp3) is 0.261. The molecule has 0 aliphatic carbocycles. The molecular weight excluding hydrogens is 466 g/mol. The molecule has 34 heavy (non-hydrogen) atoms. The molecular formula is C23H21ClF2N6O2. The van der Waals surface area contributed by atoms with Gasteiger partial charge in [-0.3, -0.25) is 9.48 Å². The van der Waals surface area contributed by atoms with E-state index in [9.17, 15) is 13.6 Å². The van der Waals surface area contributed by atoms with Gasteiger partial charge in [0.15, 0.2) is 17.3 Å². The SMILES string of the molecule is Cc1nn(C)c(C)c1C(C)(CNC(=O)c1cc(-c2ncc(F)cc2F)on1)c1cccc(Cl)n1. The Bertz CT molecular complexity index is 1390. The van der Waals surface area contributed by atoms with Crippen molar-refractivity contribution in [2.75, 3.05) is 6.54 Å². The van der Waals surface area contributed by atoms with E-state index in [0.29, 0.717) is 16.9 Å². The van der Waals surface area contributed by atoms with E-state index < -0.39 is 23.0 Å². The van der Waals surface area contributed by atoms with Crippen LogP contribution in [0.15, 0.2) is 41.1 Å². The van der Waals surface area contributed by atoms with Gasteiger partial charge in [0, 0.05) is 37.0 Å². The van der Waals surface area contributed by atoms with Gasteiger partial charge in [-0.1, -0.05) is 22.8 Å². The van der Waals surface area contributed by atoms with Crippen molar-refractivity contribution >= 4 is 17.5 Å². The van der Waals surface area contributed by atoms with Crippen LogP contribution in [0.5, 0.6) is 0 Å². The molecule has 0 aliphatic rings. The van der Waals surface area contributed by atoms with Crippen molar-refractivity contribution in [3.63, 3.8) is 0 Å². The summed E-state index contributed by atoms with van der Waals surface area (Å²) in [5, 5.41) is 11.4. The van der Waals surface area contributed by atoms with E-state index in [1.807, 2.05) is 33.9 Å². The molecule has 0 saturated heterocycles.